The largest absolute Gasteiger partial charge is 0.534 e. The van der Waals surface area contributed by atoms with Crippen molar-refractivity contribution in [3.63, 3.8) is 0 Å². The normalized spacial score (nSPS) is 23.9. The first kappa shape index (κ1) is 19.5. The van der Waals surface area contributed by atoms with Crippen molar-refractivity contribution in [1.82, 2.24) is 0 Å². The second-order valence-corrected chi connectivity index (χ2v) is 8.61. The first-order valence-corrected chi connectivity index (χ1v) is 8.99. The fraction of sp³-hybridized carbons (Fsp3) is 0.471. The third-order valence-corrected chi connectivity index (χ3v) is 5.15. The summed E-state index contributed by atoms with van der Waals surface area (Å²) in [7, 11) is -5.85. The van der Waals surface area contributed by atoms with E-state index in [-0.39, 0.29) is 18.6 Å². The average molecular weight is 376 g/mol. The smallest absolute Gasteiger partial charge is 0.380 e. The summed E-state index contributed by atoms with van der Waals surface area (Å²) in [6, 6.07) is 8.65. The summed E-state index contributed by atoms with van der Waals surface area (Å²) in [4.78, 5) is 12.7. The van der Waals surface area contributed by atoms with Crippen LogP contribution >= 0.6 is 0 Å². The van der Waals surface area contributed by atoms with Gasteiger partial charge in [-0.05, 0) is 30.4 Å². The van der Waals surface area contributed by atoms with Crippen molar-refractivity contribution in [2.75, 3.05) is 0 Å². The van der Waals surface area contributed by atoms with E-state index in [9.17, 15) is 26.4 Å². The van der Waals surface area contributed by atoms with E-state index in [1.54, 1.807) is 44.2 Å². The van der Waals surface area contributed by atoms with Crippen LogP contribution in [0.5, 0.6) is 0 Å². The minimum Gasteiger partial charge on any atom is -0.380 e. The highest BCUT2D eigenvalue weighted by atomic mass is 32.2. The van der Waals surface area contributed by atoms with Crippen LogP contribution in [0.1, 0.15) is 32.8 Å². The molecule has 138 valence electrons. The number of alkyl halides is 3. The number of carbonyl (C=O) groups excluding carboxylic acids is 1. The lowest BCUT2D eigenvalue weighted by molar-refractivity contribution is -0.130. The molecule has 1 aromatic rings. The SMILES string of the molecule is CC1(C)C=C(OS(=O)(=O)C(F)(F)F)C(C)(Cc2ccccc2)C(=O)C1. The highest BCUT2D eigenvalue weighted by Gasteiger charge is 2.53. The molecule has 0 saturated carbocycles. The molecule has 2 rings (SSSR count). The average Bonchev–Trinajstić information content (AvgIpc) is 2.44. The molecule has 0 N–H and O–H groups in total. The summed E-state index contributed by atoms with van der Waals surface area (Å²) in [5, 5.41) is 0. The second kappa shape index (κ2) is 6.16. The molecule has 0 heterocycles. The standard InChI is InChI=1S/C17H19F3O4S/c1-15(2)10-13(21)16(3,9-12-7-5-4-6-8-12)14(11-15)24-25(22,23)17(18,19)20/h4-8,11H,9-10H2,1-3H3. The molecule has 0 aliphatic heterocycles. The molecule has 1 unspecified atom stereocenters. The summed E-state index contributed by atoms with van der Waals surface area (Å²) in [5.74, 6) is -0.842. The Bertz CT molecular complexity index is 795. The third-order valence-electron chi connectivity index (χ3n) is 4.18. The number of ketones is 1. The van der Waals surface area contributed by atoms with Gasteiger partial charge in [-0.25, -0.2) is 0 Å². The molecule has 4 nitrogen and oxygen atoms in total. The lowest BCUT2D eigenvalue weighted by Gasteiger charge is -2.38. The van der Waals surface area contributed by atoms with E-state index in [4.69, 9.17) is 0 Å². The van der Waals surface area contributed by atoms with Gasteiger partial charge in [-0.3, -0.25) is 4.79 Å². The number of benzene rings is 1. The molecular weight excluding hydrogens is 357 g/mol. The fourth-order valence-electron chi connectivity index (χ4n) is 2.78. The Kier molecular flexibility index (Phi) is 4.80. The third kappa shape index (κ3) is 4.05. The van der Waals surface area contributed by atoms with E-state index in [2.05, 4.69) is 4.18 Å². The van der Waals surface area contributed by atoms with Crippen molar-refractivity contribution in [1.29, 1.82) is 0 Å². The minimum atomic E-state index is -5.85. The van der Waals surface area contributed by atoms with Crippen LogP contribution in [0.15, 0.2) is 42.2 Å². The summed E-state index contributed by atoms with van der Waals surface area (Å²) in [5.41, 5.74) is -7.16. The Morgan fingerprint density at radius 1 is 1.12 bits per heavy atom. The number of hydrogen-bond acceptors (Lipinski definition) is 4. The monoisotopic (exact) mass is 376 g/mol. The van der Waals surface area contributed by atoms with Crippen LogP contribution < -0.4 is 0 Å². The van der Waals surface area contributed by atoms with Gasteiger partial charge in [0.05, 0.1) is 5.41 Å². The van der Waals surface area contributed by atoms with Crippen LogP contribution in [0.25, 0.3) is 0 Å². The van der Waals surface area contributed by atoms with Crippen molar-refractivity contribution in [2.45, 2.75) is 39.1 Å². The van der Waals surface area contributed by atoms with Gasteiger partial charge < -0.3 is 4.18 Å². The van der Waals surface area contributed by atoms with Crippen LogP contribution in [0.4, 0.5) is 13.2 Å². The van der Waals surface area contributed by atoms with Crippen LogP contribution in [0.3, 0.4) is 0 Å². The summed E-state index contributed by atoms with van der Waals surface area (Å²) in [6.07, 6.45) is 1.43. The lowest BCUT2D eigenvalue weighted by Crippen LogP contribution is -2.42. The summed E-state index contributed by atoms with van der Waals surface area (Å²) >= 11 is 0. The van der Waals surface area contributed by atoms with Gasteiger partial charge in [0.15, 0.2) is 0 Å². The van der Waals surface area contributed by atoms with Crippen LogP contribution in [0, 0.1) is 10.8 Å². The first-order valence-electron chi connectivity index (χ1n) is 7.58. The maximum atomic E-state index is 12.7. The van der Waals surface area contributed by atoms with Crippen molar-refractivity contribution in [3.05, 3.63) is 47.7 Å². The van der Waals surface area contributed by atoms with E-state index in [1.165, 1.54) is 13.0 Å². The van der Waals surface area contributed by atoms with Gasteiger partial charge in [-0.15, -0.1) is 0 Å². The second-order valence-electron chi connectivity index (χ2n) is 7.07. The van der Waals surface area contributed by atoms with E-state index in [0.717, 1.165) is 0 Å². The van der Waals surface area contributed by atoms with Gasteiger partial charge in [0, 0.05) is 6.42 Å². The Morgan fingerprint density at radius 3 is 2.20 bits per heavy atom. The molecule has 1 aliphatic rings. The number of hydrogen-bond donors (Lipinski definition) is 0. The molecule has 8 heteroatoms. The molecule has 25 heavy (non-hydrogen) atoms. The Labute approximate surface area is 144 Å². The topological polar surface area (TPSA) is 60.4 Å². The number of Topliss-reactive ketones (excluding diaryl/α,β-unsaturated/α-hetero) is 1. The number of allylic oxidation sites excluding steroid dienone is 2. The molecule has 1 atom stereocenters. The van der Waals surface area contributed by atoms with E-state index < -0.39 is 32.2 Å². The molecule has 0 radical (unpaired) electrons. The quantitative estimate of drug-likeness (QED) is 0.589. The van der Waals surface area contributed by atoms with Crippen LogP contribution in [0.2, 0.25) is 0 Å². The van der Waals surface area contributed by atoms with Crippen molar-refractivity contribution < 1.29 is 30.6 Å². The highest BCUT2D eigenvalue weighted by molar-refractivity contribution is 7.87. The lowest BCUT2D eigenvalue weighted by atomic mass is 9.67. The molecule has 0 saturated heterocycles. The Balaban J connectivity index is 2.50. The number of rotatable bonds is 4. The van der Waals surface area contributed by atoms with Gasteiger partial charge in [-0.1, -0.05) is 44.2 Å². The van der Waals surface area contributed by atoms with Gasteiger partial charge in [-0.2, -0.15) is 21.6 Å². The van der Waals surface area contributed by atoms with Crippen LogP contribution in [-0.2, 0) is 25.5 Å². The van der Waals surface area contributed by atoms with Gasteiger partial charge in [0.2, 0.25) is 0 Å². The maximum Gasteiger partial charge on any atom is 0.534 e. The Morgan fingerprint density at radius 2 is 1.68 bits per heavy atom. The summed E-state index contributed by atoms with van der Waals surface area (Å²) in [6.45, 7) is 4.68. The predicted molar refractivity (Wildman–Crippen MR) is 85.8 cm³/mol. The molecule has 0 fully saturated rings. The van der Waals surface area contributed by atoms with Gasteiger partial charge >= 0.3 is 15.6 Å². The van der Waals surface area contributed by atoms with Gasteiger partial charge in [0.1, 0.15) is 11.5 Å². The van der Waals surface area contributed by atoms with Crippen molar-refractivity contribution in [3.8, 4) is 0 Å². The number of carbonyl (C=O) groups is 1. The molecule has 0 aromatic heterocycles. The predicted octanol–water partition coefficient (Wildman–Crippen LogP) is 3.98. The molecule has 0 spiro atoms. The molecular formula is C17H19F3O4S. The molecule has 1 aromatic carbocycles. The van der Waals surface area contributed by atoms with Crippen molar-refractivity contribution in [2.24, 2.45) is 10.8 Å². The van der Waals surface area contributed by atoms with E-state index >= 15 is 0 Å². The minimum absolute atomic E-state index is 0.0436. The highest BCUT2D eigenvalue weighted by Crippen LogP contribution is 2.46. The first-order chi connectivity index (χ1) is 11.3. The maximum absolute atomic E-state index is 12.7. The zero-order valence-electron chi connectivity index (χ0n) is 14.1. The van der Waals surface area contributed by atoms with Gasteiger partial charge in [0.25, 0.3) is 0 Å². The van der Waals surface area contributed by atoms with E-state index in [1.807, 2.05) is 0 Å². The molecule has 0 bridgehead atoms. The molecule has 1 aliphatic carbocycles. The number of halogens is 3. The van der Waals surface area contributed by atoms with Crippen molar-refractivity contribution >= 4 is 15.9 Å². The molecule has 0 amide bonds. The van der Waals surface area contributed by atoms with E-state index in [0.29, 0.717) is 5.56 Å². The Hall–Kier alpha value is -1.83. The summed E-state index contributed by atoms with van der Waals surface area (Å²) < 4.78 is 65.6. The fourth-order valence-corrected chi connectivity index (χ4v) is 3.35. The zero-order valence-corrected chi connectivity index (χ0v) is 14.9. The zero-order chi connectivity index (χ0) is 19.1. The van der Waals surface area contributed by atoms with Crippen LogP contribution in [-0.4, -0.2) is 19.7 Å².